The minimum atomic E-state index is -2.14. The third-order valence-electron chi connectivity index (χ3n) is 8.19. The molecule has 1 aliphatic rings. The molecule has 3 aromatic rings. The van der Waals surface area contributed by atoms with Crippen molar-refractivity contribution in [1.82, 2.24) is 15.0 Å². The van der Waals surface area contributed by atoms with Gasteiger partial charge in [-0.3, -0.25) is 4.90 Å². The van der Waals surface area contributed by atoms with Gasteiger partial charge in [0.2, 0.25) is 11.8 Å². The summed E-state index contributed by atoms with van der Waals surface area (Å²) in [6, 6.07) is 9.55. The van der Waals surface area contributed by atoms with Crippen LogP contribution in [0.4, 0.5) is 22.1 Å². The first kappa shape index (κ1) is 35.1. The fourth-order valence-corrected chi connectivity index (χ4v) is 6.09. The molecule has 0 radical (unpaired) electrons. The predicted molar refractivity (Wildman–Crippen MR) is 185 cm³/mol. The summed E-state index contributed by atoms with van der Waals surface area (Å²) in [4.78, 5) is 28.6. The first-order valence-corrected chi connectivity index (χ1v) is 18.7. The van der Waals surface area contributed by atoms with E-state index in [1.807, 2.05) is 40.7 Å². The maximum absolute atomic E-state index is 13.5. The fourth-order valence-electron chi connectivity index (χ4n) is 4.82. The molecule has 1 atom stereocenters. The number of pyridine rings is 1. The molecule has 46 heavy (non-hydrogen) atoms. The van der Waals surface area contributed by atoms with E-state index in [1.54, 1.807) is 29.3 Å². The second-order valence-corrected chi connectivity index (χ2v) is 20.0. The molecule has 0 unspecified atom stereocenters. The van der Waals surface area contributed by atoms with E-state index < -0.39 is 25.4 Å². The lowest BCUT2D eigenvalue weighted by atomic mass is 9.83. The molecule has 0 spiro atoms. The van der Waals surface area contributed by atoms with Crippen LogP contribution < -0.4 is 15.0 Å². The van der Waals surface area contributed by atoms with E-state index in [9.17, 15) is 10.1 Å². The molecule has 4 rings (SSSR count). The van der Waals surface area contributed by atoms with E-state index in [4.69, 9.17) is 30.5 Å². The first-order valence-electron chi connectivity index (χ1n) is 15.4. The summed E-state index contributed by atoms with van der Waals surface area (Å²) >= 11 is 6.23. The lowest BCUT2D eigenvalue weighted by Gasteiger charge is -2.39. The number of hydrogen-bond acceptors (Lipinski definition) is 9. The Labute approximate surface area is 278 Å². The average molecular weight is 665 g/mol. The van der Waals surface area contributed by atoms with E-state index >= 15 is 0 Å². The number of benzene rings is 1. The number of carbonyl (C=O) groups excluding carboxylic acids is 1. The zero-order valence-corrected chi connectivity index (χ0v) is 30.5. The van der Waals surface area contributed by atoms with Crippen LogP contribution in [0.1, 0.15) is 73.4 Å². The highest BCUT2D eigenvalue weighted by atomic mass is 35.5. The molecule has 0 saturated heterocycles. The van der Waals surface area contributed by atoms with Gasteiger partial charge in [0.1, 0.15) is 17.4 Å². The van der Waals surface area contributed by atoms with Crippen molar-refractivity contribution in [2.45, 2.75) is 97.6 Å². The molecule has 10 nitrogen and oxygen atoms in total. The number of nitrogens with one attached hydrogen (secondary N) is 1. The van der Waals surface area contributed by atoms with Crippen molar-refractivity contribution in [2.24, 2.45) is 0 Å². The molecule has 0 fully saturated rings. The van der Waals surface area contributed by atoms with Crippen molar-refractivity contribution in [2.75, 3.05) is 23.4 Å². The first-order chi connectivity index (χ1) is 21.2. The van der Waals surface area contributed by atoms with Crippen molar-refractivity contribution in [3.8, 4) is 23.2 Å². The Balaban J connectivity index is 1.80. The second-order valence-electron chi connectivity index (χ2n) is 14.8. The minimum Gasteiger partial charge on any atom is -0.473 e. The lowest BCUT2D eigenvalue weighted by Crippen LogP contribution is -2.46. The summed E-state index contributed by atoms with van der Waals surface area (Å²) < 4.78 is 18.4. The highest BCUT2D eigenvalue weighted by Crippen LogP contribution is 2.47. The highest BCUT2D eigenvalue weighted by Gasteiger charge is 2.47. The number of fused-ring (bicyclic) bond motifs is 1. The van der Waals surface area contributed by atoms with Gasteiger partial charge < -0.3 is 19.2 Å². The van der Waals surface area contributed by atoms with Crippen molar-refractivity contribution in [3.05, 3.63) is 52.8 Å². The van der Waals surface area contributed by atoms with Crippen molar-refractivity contribution < 1.29 is 18.7 Å². The third-order valence-corrected chi connectivity index (χ3v) is 12.9. The Morgan fingerprint density at radius 3 is 2.48 bits per heavy atom. The van der Waals surface area contributed by atoms with Crippen molar-refractivity contribution in [1.29, 1.82) is 5.26 Å². The summed E-state index contributed by atoms with van der Waals surface area (Å²) in [5, 5.41) is 14.0. The number of nitriles is 1. The van der Waals surface area contributed by atoms with E-state index in [1.165, 1.54) is 6.20 Å². The zero-order valence-electron chi connectivity index (χ0n) is 28.7. The molecule has 0 aliphatic carbocycles. The molecule has 12 heteroatoms. The monoisotopic (exact) mass is 664 g/mol. The normalized spacial score (nSPS) is 16.7. The Morgan fingerprint density at radius 1 is 1.17 bits per heavy atom. The largest absolute Gasteiger partial charge is 0.473 e. The van der Waals surface area contributed by atoms with Gasteiger partial charge in [-0.05, 0) is 82.6 Å². The molecule has 0 bridgehead atoms. The van der Waals surface area contributed by atoms with Gasteiger partial charge in [-0.2, -0.15) is 5.26 Å². The van der Waals surface area contributed by atoms with E-state index in [-0.39, 0.29) is 11.1 Å². The second kappa shape index (κ2) is 12.8. The van der Waals surface area contributed by atoms with Gasteiger partial charge in [-0.1, -0.05) is 39.3 Å². The van der Waals surface area contributed by atoms with Gasteiger partial charge in [0.05, 0.1) is 28.1 Å². The van der Waals surface area contributed by atoms with Crippen LogP contribution in [0.25, 0.3) is 11.3 Å². The Hall–Kier alpha value is -3.72. The van der Waals surface area contributed by atoms with Crippen LogP contribution in [0.15, 0.2) is 36.7 Å². The molecule has 1 amide bonds. The van der Waals surface area contributed by atoms with Crippen molar-refractivity contribution in [3.63, 3.8) is 0 Å². The summed E-state index contributed by atoms with van der Waals surface area (Å²) in [5.41, 5.74) is 2.19. The van der Waals surface area contributed by atoms with Crippen LogP contribution in [0.2, 0.25) is 23.2 Å². The number of carbonyl (C=O) groups is 1. The van der Waals surface area contributed by atoms with Crippen LogP contribution in [0.5, 0.6) is 5.88 Å². The summed E-state index contributed by atoms with van der Waals surface area (Å²) in [6.07, 6.45) is 2.55. The summed E-state index contributed by atoms with van der Waals surface area (Å²) in [7, 11) is -2.14. The number of hydrogen-bond donors (Lipinski definition) is 1. The average Bonchev–Trinajstić information content (AvgIpc) is 3.24. The highest BCUT2D eigenvalue weighted by molar-refractivity contribution is 6.74. The predicted octanol–water partition coefficient (Wildman–Crippen LogP) is 8.63. The molecule has 246 valence electrons. The van der Waals surface area contributed by atoms with E-state index in [0.717, 1.165) is 5.56 Å². The van der Waals surface area contributed by atoms with Gasteiger partial charge in [0, 0.05) is 36.5 Å². The molecule has 1 aliphatic heterocycles. The molecule has 1 aromatic carbocycles. The van der Waals surface area contributed by atoms with Crippen LogP contribution in [-0.2, 0) is 14.6 Å². The zero-order chi connectivity index (χ0) is 34.2. The lowest BCUT2D eigenvalue weighted by molar-refractivity contribution is 0.0575. The smallest absolute Gasteiger partial charge is 0.414 e. The Morgan fingerprint density at radius 2 is 1.87 bits per heavy atom. The van der Waals surface area contributed by atoms with Gasteiger partial charge in [-0.25, -0.2) is 19.7 Å². The summed E-state index contributed by atoms with van der Waals surface area (Å²) in [5.74, 6) is 0.672. The van der Waals surface area contributed by atoms with Crippen LogP contribution >= 0.6 is 11.6 Å². The van der Waals surface area contributed by atoms with E-state index in [2.05, 4.69) is 62.1 Å². The van der Waals surface area contributed by atoms with Gasteiger partial charge >= 0.3 is 6.09 Å². The van der Waals surface area contributed by atoms with Crippen molar-refractivity contribution >= 4 is 43.3 Å². The number of rotatable bonds is 8. The molecule has 2 aromatic heterocycles. The molecular weight excluding hydrogens is 620 g/mol. The number of amides is 1. The maximum Gasteiger partial charge on any atom is 0.414 e. The summed E-state index contributed by atoms with van der Waals surface area (Å²) in [6.45, 7) is 23.1. The topological polar surface area (TPSA) is 122 Å². The molecule has 0 saturated carbocycles. The quantitative estimate of drug-likeness (QED) is 0.236. The molecular formula is C34H45ClN6O4Si. The van der Waals surface area contributed by atoms with Gasteiger partial charge in [-0.15, -0.1) is 0 Å². The standard InChI is InChI=1S/C34H45ClN6O4Si/c1-21(2)44-29-27(16-24(35)18-38-29)40-30-37-13-12-26(39-30)22-14-23(17-36)28-25(15-22)34(9,20-43-46(10,11)33(6,7)8)19-41(28)31(42)45-32(3,4)5/h12-16,18,21H,19-20H2,1-11H3,(H,37,39,40)/t34-/m1/s1. The Kier molecular flexibility index (Phi) is 9.79. The fraction of sp³-hybridized carbons (Fsp3) is 0.500. The molecule has 1 N–H and O–H groups in total. The van der Waals surface area contributed by atoms with Crippen LogP contribution in [0.3, 0.4) is 0 Å². The number of anilines is 3. The SMILES string of the molecule is CC(C)Oc1ncc(Cl)cc1Nc1nccc(-c2cc(C#N)c3c(c2)[C@@](C)(CO[Si](C)(C)C(C)(C)C)CN3C(=O)OC(C)(C)C)n1. The minimum absolute atomic E-state index is 0.00174. The number of halogens is 1. The van der Waals surface area contributed by atoms with Crippen LogP contribution in [-0.4, -0.2) is 54.2 Å². The van der Waals surface area contributed by atoms with E-state index in [0.29, 0.717) is 58.2 Å². The third kappa shape index (κ3) is 7.80. The van der Waals surface area contributed by atoms with Crippen LogP contribution in [0, 0.1) is 11.3 Å². The maximum atomic E-state index is 13.5. The van der Waals surface area contributed by atoms with Gasteiger partial charge in [0.25, 0.3) is 0 Å². The molecule has 3 heterocycles. The number of aromatic nitrogens is 3. The number of nitrogens with zero attached hydrogens (tertiary/aromatic N) is 5. The Bertz CT molecular complexity index is 1660. The van der Waals surface area contributed by atoms with Gasteiger partial charge in [0.15, 0.2) is 8.32 Å². The number of ether oxygens (including phenoxy) is 2.